The van der Waals surface area contributed by atoms with Gasteiger partial charge >= 0.3 is 0 Å². The third-order valence-corrected chi connectivity index (χ3v) is 5.38. The number of amides is 1. The van der Waals surface area contributed by atoms with E-state index in [0.29, 0.717) is 23.3 Å². The van der Waals surface area contributed by atoms with Crippen LogP contribution in [0.25, 0.3) is 16.7 Å². The maximum atomic E-state index is 13.2. The highest BCUT2D eigenvalue weighted by Gasteiger charge is 2.24. The summed E-state index contributed by atoms with van der Waals surface area (Å²) in [6, 6.07) is 13.7. The van der Waals surface area contributed by atoms with E-state index < -0.39 is 0 Å². The van der Waals surface area contributed by atoms with Crippen LogP contribution < -0.4 is 10.5 Å². The van der Waals surface area contributed by atoms with E-state index >= 15 is 0 Å². The number of aromatic nitrogens is 4. The van der Waals surface area contributed by atoms with E-state index in [-0.39, 0.29) is 30.2 Å². The average Bonchev–Trinajstić information content (AvgIpc) is 3.38. The monoisotopic (exact) mass is 403 g/mol. The van der Waals surface area contributed by atoms with Gasteiger partial charge in [-0.15, -0.1) is 0 Å². The van der Waals surface area contributed by atoms with Crippen LogP contribution >= 0.6 is 0 Å². The number of para-hydroxylation sites is 1. The molecule has 2 aromatic heterocycles. The lowest BCUT2D eigenvalue weighted by Gasteiger charge is -2.17. The molecular formula is C22H18FN5O2. The minimum absolute atomic E-state index is 0.0195. The minimum Gasteiger partial charge on any atom is -0.312 e. The summed E-state index contributed by atoms with van der Waals surface area (Å²) >= 11 is 0. The van der Waals surface area contributed by atoms with Crippen LogP contribution in [-0.4, -0.2) is 31.8 Å². The number of carbonyl (C=O) groups excluding carboxylic acids is 1. The Balaban J connectivity index is 1.37. The van der Waals surface area contributed by atoms with Crippen molar-refractivity contribution in [2.45, 2.75) is 19.4 Å². The van der Waals surface area contributed by atoms with Gasteiger partial charge in [0, 0.05) is 25.2 Å². The third-order valence-electron chi connectivity index (χ3n) is 5.38. The summed E-state index contributed by atoms with van der Waals surface area (Å²) in [7, 11) is 0. The van der Waals surface area contributed by atoms with Gasteiger partial charge < -0.3 is 4.90 Å². The molecule has 0 saturated carbocycles. The third kappa shape index (κ3) is 3.06. The first-order valence-electron chi connectivity index (χ1n) is 9.69. The first kappa shape index (κ1) is 18.2. The lowest BCUT2D eigenvalue weighted by molar-refractivity contribution is -0.118. The summed E-state index contributed by atoms with van der Waals surface area (Å²) in [5.41, 5.74) is 2.85. The number of hydrogen-bond acceptors (Lipinski definition) is 4. The Morgan fingerprint density at radius 2 is 1.90 bits per heavy atom. The summed E-state index contributed by atoms with van der Waals surface area (Å²) in [6.07, 6.45) is 3.92. The normalized spacial score (nSPS) is 13.0. The molecule has 0 bridgehead atoms. The van der Waals surface area contributed by atoms with E-state index in [1.165, 1.54) is 39.5 Å². The van der Waals surface area contributed by atoms with Gasteiger partial charge in [-0.3, -0.25) is 14.2 Å². The molecular weight excluding hydrogens is 385 g/mol. The predicted molar refractivity (Wildman–Crippen MR) is 110 cm³/mol. The molecule has 5 rings (SSSR count). The Morgan fingerprint density at radius 3 is 2.73 bits per heavy atom. The lowest BCUT2D eigenvalue weighted by atomic mass is 10.2. The summed E-state index contributed by atoms with van der Waals surface area (Å²) in [4.78, 5) is 31.7. The Labute approximate surface area is 171 Å². The molecule has 0 radical (unpaired) electrons. The van der Waals surface area contributed by atoms with Gasteiger partial charge in [0.25, 0.3) is 5.56 Å². The van der Waals surface area contributed by atoms with Crippen molar-refractivity contribution in [3.63, 3.8) is 0 Å². The van der Waals surface area contributed by atoms with Gasteiger partial charge in [-0.05, 0) is 42.3 Å². The van der Waals surface area contributed by atoms with E-state index in [2.05, 4.69) is 10.1 Å². The van der Waals surface area contributed by atoms with E-state index in [9.17, 15) is 14.0 Å². The van der Waals surface area contributed by atoms with Crippen molar-refractivity contribution in [2.75, 3.05) is 11.4 Å². The van der Waals surface area contributed by atoms with Gasteiger partial charge in [0.05, 0.1) is 18.2 Å². The van der Waals surface area contributed by atoms with Crippen LogP contribution in [0, 0.1) is 5.82 Å². The Morgan fingerprint density at radius 1 is 1.10 bits per heavy atom. The molecule has 1 aliphatic rings. The summed E-state index contributed by atoms with van der Waals surface area (Å²) in [6.45, 7) is 0.899. The van der Waals surface area contributed by atoms with Crippen molar-refractivity contribution >= 4 is 22.6 Å². The van der Waals surface area contributed by atoms with Crippen molar-refractivity contribution in [3.05, 3.63) is 82.8 Å². The van der Waals surface area contributed by atoms with E-state index in [0.717, 1.165) is 12.1 Å². The number of benzene rings is 2. The fourth-order valence-electron chi connectivity index (χ4n) is 3.83. The first-order chi connectivity index (χ1) is 14.6. The zero-order valence-corrected chi connectivity index (χ0v) is 16.0. The summed E-state index contributed by atoms with van der Waals surface area (Å²) in [5.74, 6) is -0.371. The molecule has 0 fully saturated rings. The van der Waals surface area contributed by atoms with Gasteiger partial charge in [-0.25, -0.2) is 14.1 Å². The van der Waals surface area contributed by atoms with Gasteiger partial charge in [0.2, 0.25) is 5.91 Å². The highest BCUT2D eigenvalue weighted by Crippen LogP contribution is 2.27. The standard InChI is InChI=1S/C22H18FN5O2/c23-16-5-7-17(8-6-16)28-21-18(13-25-28)22(30)26(14-24-21)11-10-20(29)27-12-9-15-3-1-2-4-19(15)27/h1-8,13-14H,9-12H2. The SMILES string of the molecule is O=C(CCn1cnc2c(cnn2-c2ccc(F)cc2)c1=O)N1CCc2ccccc21. The Bertz CT molecular complexity index is 1310. The fourth-order valence-corrected chi connectivity index (χ4v) is 3.83. The van der Waals surface area contributed by atoms with E-state index in [1.54, 1.807) is 17.0 Å². The Hall–Kier alpha value is -3.81. The van der Waals surface area contributed by atoms with Crippen molar-refractivity contribution in [2.24, 2.45) is 0 Å². The second-order valence-corrected chi connectivity index (χ2v) is 7.19. The molecule has 0 unspecified atom stereocenters. The van der Waals surface area contributed by atoms with Crippen LogP contribution in [-0.2, 0) is 17.8 Å². The number of carbonyl (C=O) groups is 1. The number of anilines is 1. The van der Waals surface area contributed by atoms with Crippen LogP contribution in [0.2, 0.25) is 0 Å². The number of aryl methyl sites for hydroxylation is 1. The number of hydrogen-bond donors (Lipinski definition) is 0. The van der Waals surface area contributed by atoms with Gasteiger partial charge in [0.15, 0.2) is 5.65 Å². The van der Waals surface area contributed by atoms with Gasteiger partial charge in [-0.1, -0.05) is 18.2 Å². The molecule has 0 saturated heterocycles. The van der Waals surface area contributed by atoms with Crippen LogP contribution in [0.4, 0.5) is 10.1 Å². The number of halogens is 1. The zero-order valence-electron chi connectivity index (χ0n) is 16.0. The number of fused-ring (bicyclic) bond motifs is 2. The molecule has 8 heteroatoms. The molecule has 150 valence electrons. The molecule has 0 aliphatic carbocycles. The maximum Gasteiger partial charge on any atom is 0.264 e. The molecule has 1 aliphatic heterocycles. The molecule has 7 nitrogen and oxygen atoms in total. The van der Waals surface area contributed by atoms with Gasteiger partial charge in [-0.2, -0.15) is 5.10 Å². The largest absolute Gasteiger partial charge is 0.312 e. The van der Waals surface area contributed by atoms with Crippen LogP contribution in [0.15, 0.2) is 65.8 Å². The average molecular weight is 403 g/mol. The van der Waals surface area contributed by atoms with Crippen LogP contribution in [0.1, 0.15) is 12.0 Å². The quantitative estimate of drug-likeness (QED) is 0.525. The maximum absolute atomic E-state index is 13.2. The Kier molecular flexibility index (Phi) is 4.39. The summed E-state index contributed by atoms with van der Waals surface area (Å²) in [5, 5.41) is 4.57. The van der Waals surface area contributed by atoms with Crippen molar-refractivity contribution < 1.29 is 9.18 Å². The van der Waals surface area contributed by atoms with Crippen molar-refractivity contribution in [1.29, 1.82) is 0 Å². The van der Waals surface area contributed by atoms with E-state index in [4.69, 9.17) is 0 Å². The molecule has 30 heavy (non-hydrogen) atoms. The highest BCUT2D eigenvalue weighted by atomic mass is 19.1. The zero-order chi connectivity index (χ0) is 20.7. The van der Waals surface area contributed by atoms with E-state index in [1.807, 2.05) is 24.3 Å². The smallest absolute Gasteiger partial charge is 0.264 e. The van der Waals surface area contributed by atoms with Gasteiger partial charge in [0.1, 0.15) is 11.2 Å². The van der Waals surface area contributed by atoms with Crippen molar-refractivity contribution in [1.82, 2.24) is 19.3 Å². The highest BCUT2D eigenvalue weighted by molar-refractivity contribution is 5.95. The minimum atomic E-state index is -0.351. The topological polar surface area (TPSA) is 73.0 Å². The molecule has 0 spiro atoms. The molecule has 0 N–H and O–H groups in total. The predicted octanol–water partition coefficient (Wildman–Crippen LogP) is 2.70. The number of nitrogens with zero attached hydrogens (tertiary/aromatic N) is 5. The second kappa shape index (κ2) is 7.22. The second-order valence-electron chi connectivity index (χ2n) is 7.19. The molecule has 2 aromatic carbocycles. The van der Waals surface area contributed by atoms with Crippen LogP contribution in [0.5, 0.6) is 0 Å². The number of rotatable bonds is 4. The van der Waals surface area contributed by atoms with Crippen LogP contribution in [0.3, 0.4) is 0 Å². The summed E-state index contributed by atoms with van der Waals surface area (Å²) < 4.78 is 16.1. The molecule has 4 aromatic rings. The first-order valence-corrected chi connectivity index (χ1v) is 9.69. The molecule has 1 amide bonds. The lowest BCUT2D eigenvalue weighted by Crippen LogP contribution is -2.31. The molecule has 0 atom stereocenters. The molecule has 3 heterocycles. The van der Waals surface area contributed by atoms with Crippen molar-refractivity contribution in [3.8, 4) is 5.69 Å². The fraction of sp³-hybridized carbons (Fsp3) is 0.182.